The molecule has 12 nitrogen and oxygen atoms in total. The Morgan fingerprint density at radius 3 is 2.69 bits per heavy atom. The first-order valence-corrected chi connectivity index (χ1v) is 13.9. The first kappa shape index (κ1) is 26.5. The highest BCUT2D eigenvalue weighted by molar-refractivity contribution is 5.91. The van der Waals surface area contributed by atoms with Gasteiger partial charge >= 0.3 is 5.69 Å². The fraction of sp³-hybridized carbons (Fsp3) is 0.393. The third-order valence-electron chi connectivity index (χ3n) is 8.13. The van der Waals surface area contributed by atoms with Gasteiger partial charge in [0.25, 0.3) is 0 Å². The Kier molecular flexibility index (Phi) is 6.58. The lowest BCUT2D eigenvalue weighted by molar-refractivity contribution is 0.139. The number of nitrogens with one attached hydrogen (secondary N) is 1. The molecular formula is C28H31F2N9O3. The molecule has 0 bridgehead atoms. The normalized spacial score (nSPS) is 19.8. The average molecular weight is 580 g/mol. The first-order valence-electron chi connectivity index (χ1n) is 13.9. The number of alkyl halides is 1. The first-order chi connectivity index (χ1) is 20.4. The van der Waals surface area contributed by atoms with Crippen LogP contribution < -0.4 is 26.4 Å². The highest BCUT2D eigenvalue weighted by Crippen LogP contribution is 2.28. The topological polar surface area (TPSA) is 124 Å². The minimum Gasteiger partial charge on any atom is -0.486 e. The van der Waals surface area contributed by atoms with Gasteiger partial charge in [-0.1, -0.05) is 0 Å². The van der Waals surface area contributed by atoms with Crippen LogP contribution in [0.5, 0.6) is 5.75 Å². The molecule has 42 heavy (non-hydrogen) atoms. The fourth-order valence-corrected chi connectivity index (χ4v) is 5.86. The second-order valence-corrected chi connectivity index (χ2v) is 10.7. The molecule has 1 aromatic carbocycles. The van der Waals surface area contributed by atoms with Crippen LogP contribution in [0.2, 0.25) is 0 Å². The lowest BCUT2D eigenvalue weighted by Crippen LogP contribution is -2.47. The van der Waals surface area contributed by atoms with E-state index in [1.807, 2.05) is 11.0 Å². The zero-order valence-electron chi connectivity index (χ0n) is 23.0. The van der Waals surface area contributed by atoms with Crippen molar-refractivity contribution >= 4 is 28.3 Å². The molecule has 2 aliphatic rings. The molecule has 14 heteroatoms. The quantitative estimate of drug-likeness (QED) is 0.297. The number of piperazine rings is 1. The Labute approximate surface area is 238 Å². The Hall–Kier alpha value is -4.43. The number of halogens is 2. The van der Waals surface area contributed by atoms with Gasteiger partial charge in [0, 0.05) is 65.5 Å². The molecule has 4 aromatic heterocycles. The van der Waals surface area contributed by atoms with Crippen molar-refractivity contribution in [3.8, 4) is 17.2 Å². The van der Waals surface area contributed by atoms with Crippen LogP contribution in [0, 0.1) is 5.82 Å². The number of fused-ring (bicyclic) bond motifs is 3. The Balaban J connectivity index is 1.04. The number of imidazole rings is 1. The Morgan fingerprint density at radius 1 is 1.14 bits per heavy atom. The van der Waals surface area contributed by atoms with Crippen molar-refractivity contribution < 1.29 is 17.9 Å². The number of nitrogens with zero attached hydrogens (tertiary/aromatic N) is 7. The van der Waals surface area contributed by atoms with Gasteiger partial charge < -0.3 is 25.1 Å². The lowest BCUT2D eigenvalue weighted by atomic mass is 10.2. The van der Waals surface area contributed by atoms with E-state index in [-0.39, 0.29) is 18.2 Å². The summed E-state index contributed by atoms with van der Waals surface area (Å²) in [5.41, 5.74) is 8.95. The van der Waals surface area contributed by atoms with Gasteiger partial charge in [0.05, 0.1) is 17.5 Å². The van der Waals surface area contributed by atoms with Crippen LogP contribution in [0.25, 0.3) is 28.1 Å². The number of furan rings is 1. The number of nitrogens with two attached hydrogens (primary N) is 1. The predicted molar refractivity (Wildman–Crippen MR) is 153 cm³/mol. The molecular weight excluding hydrogens is 548 g/mol. The summed E-state index contributed by atoms with van der Waals surface area (Å²) >= 11 is 0. The Bertz CT molecular complexity index is 1810. The zero-order valence-corrected chi connectivity index (χ0v) is 23.0. The van der Waals surface area contributed by atoms with Gasteiger partial charge in [0.2, 0.25) is 5.95 Å². The van der Waals surface area contributed by atoms with Crippen LogP contribution in [0.15, 0.2) is 51.9 Å². The molecule has 0 radical (unpaired) electrons. The maximum atomic E-state index is 15.0. The van der Waals surface area contributed by atoms with Crippen molar-refractivity contribution in [3.05, 3.63) is 59.0 Å². The van der Waals surface area contributed by atoms with E-state index >= 15 is 0 Å². The van der Waals surface area contributed by atoms with Crippen LogP contribution in [-0.2, 0) is 13.6 Å². The monoisotopic (exact) mass is 579 g/mol. The molecule has 5 aromatic rings. The van der Waals surface area contributed by atoms with Gasteiger partial charge in [-0.05, 0) is 30.3 Å². The molecule has 0 unspecified atom stereocenters. The summed E-state index contributed by atoms with van der Waals surface area (Å²) in [6.45, 7) is 4.33. The highest BCUT2D eigenvalue weighted by atomic mass is 19.1. The van der Waals surface area contributed by atoms with Crippen LogP contribution in [0.1, 0.15) is 0 Å². The maximum Gasteiger partial charge on any atom is 0.330 e. The van der Waals surface area contributed by atoms with Crippen LogP contribution >= 0.6 is 0 Å². The lowest BCUT2D eigenvalue weighted by Gasteiger charge is -2.36. The molecule has 0 spiro atoms. The van der Waals surface area contributed by atoms with Crippen molar-refractivity contribution in [2.24, 2.45) is 7.05 Å². The van der Waals surface area contributed by atoms with Crippen molar-refractivity contribution in [1.82, 2.24) is 33.9 Å². The van der Waals surface area contributed by atoms with Crippen molar-refractivity contribution in [3.63, 3.8) is 0 Å². The minimum atomic E-state index is -1.11. The van der Waals surface area contributed by atoms with E-state index in [1.165, 1.54) is 10.6 Å². The van der Waals surface area contributed by atoms with Crippen molar-refractivity contribution in [1.29, 1.82) is 0 Å². The number of anilines is 2. The number of hydrogen-bond acceptors (Lipinski definition) is 9. The summed E-state index contributed by atoms with van der Waals surface area (Å²) in [6.07, 6.45) is -0.140. The summed E-state index contributed by atoms with van der Waals surface area (Å²) < 4.78 is 44.7. The smallest absolute Gasteiger partial charge is 0.330 e. The molecule has 220 valence electrons. The highest BCUT2D eigenvalue weighted by Gasteiger charge is 2.29. The van der Waals surface area contributed by atoms with Gasteiger partial charge in [0.15, 0.2) is 17.6 Å². The van der Waals surface area contributed by atoms with Gasteiger partial charge in [-0.25, -0.2) is 13.6 Å². The van der Waals surface area contributed by atoms with E-state index < -0.39 is 18.1 Å². The molecule has 7 rings (SSSR count). The van der Waals surface area contributed by atoms with Gasteiger partial charge in [-0.2, -0.15) is 14.6 Å². The maximum absolute atomic E-state index is 15.0. The van der Waals surface area contributed by atoms with Gasteiger partial charge in [0.1, 0.15) is 28.9 Å². The van der Waals surface area contributed by atoms with E-state index in [4.69, 9.17) is 14.9 Å². The van der Waals surface area contributed by atoms with Crippen molar-refractivity contribution in [2.45, 2.75) is 18.8 Å². The molecule has 0 amide bonds. The second kappa shape index (κ2) is 10.4. The fourth-order valence-electron chi connectivity index (χ4n) is 5.86. The van der Waals surface area contributed by atoms with Crippen LogP contribution in [-0.4, -0.2) is 86.7 Å². The third-order valence-corrected chi connectivity index (χ3v) is 8.13. The molecule has 2 atom stereocenters. The molecule has 2 aliphatic heterocycles. The number of nitrogen functional groups attached to an aromatic ring is 1. The van der Waals surface area contributed by atoms with E-state index in [9.17, 15) is 13.6 Å². The molecule has 2 fully saturated rings. The standard InChI is InChI=1S/C28H31F2N9O3/c1-35-25-22-14-20(23-3-2-12-41-23)34-39(22)27(31)33-26(25)38(28(35)40)11-8-36-6-9-37(10-7-36)21-5-4-17(13-18(21)29)42-24-16-32-15-19(24)30/h2-5,12-14,19,24,32H,6-11,15-16H2,1H3,(H2,31,33)/t19-,24-/m1/s1. The minimum absolute atomic E-state index is 0.172. The predicted octanol–water partition coefficient (Wildman–Crippen LogP) is 1.87. The number of rotatable bonds is 7. The Morgan fingerprint density at radius 2 is 1.98 bits per heavy atom. The number of benzene rings is 1. The largest absolute Gasteiger partial charge is 0.486 e. The number of aryl methyl sites for hydroxylation is 1. The van der Waals surface area contributed by atoms with Gasteiger partial charge in [-0.3, -0.25) is 14.0 Å². The van der Waals surface area contributed by atoms with Crippen LogP contribution in [0.4, 0.5) is 20.4 Å². The number of hydrogen-bond donors (Lipinski definition) is 2. The summed E-state index contributed by atoms with van der Waals surface area (Å²) in [5, 5.41) is 7.45. The summed E-state index contributed by atoms with van der Waals surface area (Å²) in [4.78, 5) is 22.0. The molecule has 0 aliphatic carbocycles. The molecule has 2 saturated heterocycles. The second-order valence-electron chi connectivity index (χ2n) is 10.7. The van der Waals surface area contributed by atoms with Crippen LogP contribution in [0.3, 0.4) is 0 Å². The number of aromatic nitrogens is 5. The van der Waals surface area contributed by atoms with E-state index in [0.29, 0.717) is 85.4 Å². The number of ether oxygens (including phenoxy) is 1. The third kappa shape index (κ3) is 4.56. The summed E-state index contributed by atoms with van der Waals surface area (Å²) in [7, 11) is 1.71. The molecule has 0 saturated carbocycles. The molecule has 6 heterocycles. The van der Waals surface area contributed by atoms with Gasteiger partial charge in [-0.15, -0.1) is 0 Å². The van der Waals surface area contributed by atoms with E-state index in [1.54, 1.807) is 46.7 Å². The van der Waals surface area contributed by atoms with E-state index in [0.717, 1.165) is 0 Å². The summed E-state index contributed by atoms with van der Waals surface area (Å²) in [5.74, 6) is 0.697. The van der Waals surface area contributed by atoms with Crippen molar-refractivity contribution in [2.75, 3.05) is 56.4 Å². The van der Waals surface area contributed by atoms with E-state index in [2.05, 4.69) is 20.3 Å². The zero-order chi connectivity index (χ0) is 29.0. The molecule has 3 N–H and O–H groups in total. The SMILES string of the molecule is Cn1c(=O)n(CCN2CCN(c3ccc(O[C@@H]4CNC[C@H]4F)cc3F)CC2)c2nc(N)n3nc(-c4ccco4)cc3c21. The summed E-state index contributed by atoms with van der Waals surface area (Å²) in [6, 6.07) is 10.1. The average Bonchev–Trinajstić information content (AvgIpc) is 3.78.